The van der Waals surface area contributed by atoms with Crippen molar-refractivity contribution >= 4 is 35.8 Å². The number of benzene rings is 2. The molecule has 3 rings (SSSR count). The van der Waals surface area contributed by atoms with Crippen LogP contribution in [0.15, 0.2) is 59.9 Å². The fourth-order valence-corrected chi connectivity index (χ4v) is 3.34. The van der Waals surface area contributed by atoms with E-state index < -0.39 is 0 Å². The van der Waals surface area contributed by atoms with Gasteiger partial charge in [0.15, 0.2) is 5.96 Å². The van der Waals surface area contributed by atoms with Gasteiger partial charge in [0.25, 0.3) is 5.91 Å². The van der Waals surface area contributed by atoms with Crippen molar-refractivity contribution < 1.29 is 9.18 Å². The van der Waals surface area contributed by atoms with E-state index in [-0.39, 0.29) is 35.7 Å². The Morgan fingerprint density at radius 2 is 1.94 bits per heavy atom. The van der Waals surface area contributed by atoms with Gasteiger partial charge in [-0.2, -0.15) is 0 Å². The highest BCUT2D eigenvalue weighted by Gasteiger charge is 2.10. The first-order valence-electron chi connectivity index (χ1n) is 10.4. The fraction of sp³-hybridized carbons (Fsp3) is 0.292. The summed E-state index contributed by atoms with van der Waals surface area (Å²) in [6.45, 7) is 2.92. The lowest BCUT2D eigenvalue weighted by atomic mass is 10.1. The van der Waals surface area contributed by atoms with Crippen molar-refractivity contribution in [3.05, 3.63) is 83.2 Å². The third-order valence-corrected chi connectivity index (χ3v) is 5.07. The molecule has 176 valence electrons. The Balaban J connectivity index is 0.00000385. The van der Waals surface area contributed by atoms with Crippen LogP contribution in [0.3, 0.4) is 0 Å². The summed E-state index contributed by atoms with van der Waals surface area (Å²) >= 11 is 0. The highest BCUT2D eigenvalue weighted by molar-refractivity contribution is 14.0. The highest BCUT2D eigenvalue weighted by Crippen LogP contribution is 2.16. The smallest absolute Gasteiger partial charge is 0.253 e. The van der Waals surface area contributed by atoms with Gasteiger partial charge in [0.2, 0.25) is 0 Å². The number of carbonyl (C=O) groups excluding carboxylic acids is 1. The van der Waals surface area contributed by atoms with Gasteiger partial charge in [-0.25, -0.2) is 9.37 Å². The van der Waals surface area contributed by atoms with Gasteiger partial charge in [-0.3, -0.25) is 9.79 Å². The molecule has 1 aromatic heterocycles. The largest absolute Gasteiger partial charge is 0.356 e. The molecule has 0 aliphatic heterocycles. The zero-order chi connectivity index (χ0) is 23.1. The van der Waals surface area contributed by atoms with Gasteiger partial charge in [0.05, 0.1) is 5.69 Å². The molecule has 0 saturated carbocycles. The van der Waals surface area contributed by atoms with Gasteiger partial charge in [-0.15, -0.1) is 24.0 Å². The molecule has 0 atom stereocenters. The molecular formula is C24H30FIN6O. The van der Waals surface area contributed by atoms with Crippen molar-refractivity contribution in [2.75, 3.05) is 27.7 Å². The first kappa shape index (κ1) is 26.3. The monoisotopic (exact) mass is 564 g/mol. The van der Waals surface area contributed by atoms with Gasteiger partial charge in [0, 0.05) is 52.2 Å². The van der Waals surface area contributed by atoms with E-state index in [1.54, 1.807) is 49.1 Å². The predicted octanol–water partition coefficient (Wildman–Crippen LogP) is 3.55. The number of aromatic nitrogens is 2. The number of carbonyl (C=O) groups is 1. The number of nitrogens with one attached hydrogen (secondary N) is 2. The summed E-state index contributed by atoms with van der Waals surface area (Å²) in [7, 11) is 5.17. The number of aliphatic imine (C=N–C) groups is 1. The summed E-state index contributed by atoms with van der Waals surface area (Å²) < 4.78 is 16.3. The standard InChI is InChI=1S/C24H29FN6O.HI/c1-17-27-12-13-31(17)22-9-8-19(15-21(22)25)16-29-24(26-2)28-11-10-18-6-5-7-20(14-18)23(32)30(3)4;/h5-9,12-15H,10-11,16H2,1-4H3,(H2,26,28,29);1H. The molecule has 0 spiro atoms. The van der Waals surface area contributed by atoms with E-state index in [1.807, 2.05) is 37.3 Å². The van der Waals surface area contributed by atoms with Gasteiger partial charge in [-0.1, -0.05) is 18.2 Å². The number of imidazole rings is 1. The molecule has 0 bridgehead atoms. The van der Waals surface area contributed by atoms with Gasteiger partial charge < -0.3 is 20.1 Å². The Morgan fingerprint density at radius 1 is 1.15 bits per heavy atom. The van der Waals surface area contributed by atoms with Crippen LogP contribution in [-0.4, -0.2) is 54.0 Å². The second-order valence-corrected chi connectivity index (χ2v) is 7.63. The Hall–Kier alpha value is -2.95. The van der Waals surface area contributed by atoms with Crippen molar-refractivity contribution in [1.82, 2.24) is 25.1 Å². The molecule has 2 N–H and O–H groups in total. The molecule has 0 fully saturated rings. The average Bonchev–Trinajstić information content (AvgIpc) is 3.21. The van der Waals surface area contributed by atoms with Crippen LogP contribution in [0.25, 0.3) is 5.69 Å². The summed E-state index contributed by atoms with van der Waals surface area (Å²) in [5, 5.41) is 6.45. The number of amides is 1. The molecule has 0 aliphatic carbocycles. The first-order chi connectivity index (χ1) is 15.4. The molecule has 0 aliphatic rings. The van der Waals surface area contributed by atoms with E-state index in [0.717, 1.165) is 23.4 Å². The molecule has 1 amide bonds. The molecule has 3 aromatic rings. The Kier molecular flexibility index (Phi) is 9.83. The molecule has 2 aromatic carbocycles. The average molecular weight is 564 g/mol. The molecule has 0 saturated heterocycles. The van der Waals surface area contributed by atoms with Crippen LogP contribution < -0.4 is 10.6 Å². The van der Waals surface area contributed by atoms with Crippen LogP contribution in [0, 0.1) is 12.7 Å². The lowest BCUT2D eigenvalue weighted by Crippen LogP contribution is -2.37. The molecule has 1 heterocycles. The van der Waals surface area contributed by atoms with Gasteiger partial charge in [-0.05, 0) is 48.7 Å². The molecule has 0 radical (unpaired) electrons. The number of guanidine groups is 1. The molecular weight excluding hydrogens is 534 g/mol. The van der Waals surface area contributed by atoms with Crippen LogP contribution in [0.4, 0.5) is 4.39 Å². The summed E-state index contributed by atoms with van der Waals surface area (Å²) in [5.41, 5.74) is 3.02. The summed E-state index contributed by atoms with van der Waals surface area (Å²) in [6.07, 6.45) is 4.13. The quantitative estimate of drug-likeness (QED) is 0.262. The van der Waals surface area contributed by atoms with Crippen LogP contribution >= 0.6 is 24.0 Å². The maximum Gasteiger partial charge on any atom is 0.253 e. The number of nitrogens with zero attached hydrogens (tertiary/aromatic N) is 4. The minimum Gasteiger partial charge on any atom is -0.356 e. The van der Waals surface area contributed by atoms with E-state index in [1.165, 1.54) is 6.07 Å². The van der Waals surface area contributed by atoms with Crippen LogP contribution in [0.5, 0.6) is 0 Å². The first-order valence-corrected chi connectivity index (χ1v) is 10.4. The van der Waals surface area contributed by atoms with Crippen LogP contribution in [0.1, 0.15) is 27.3 Å². The molecule has 9 heteroatoms. The number of halogens is 2. The van der Waals surface area contributed by atoms with E-state index in [2.05, 4.69) is 20.6 Å². The Bertz CT molecular complexity index is 1110. The van der Waals surface area contributed by atoms with Crippen molar-refractivity contribution in [2.24, 2.45) is 4.99 Å². The van der Waals surface area contributed by atoms with E-state index in [4.69, 9.17) is 0 Å². The number of aryl methyl sites for hydroxylation is 1. The number of rotatable bonds is 7. The third kappa shape index (κ3) is 7.01. The number of hydrogen-bond acceptors (Lipinski definition) is 3. The van der Waals surface area contributed by atoms with Crippen molar-refractivity contribution in [2.45, 2.75) is 19.9 Å². The van der Waals surface area contributed by atoms with Crippen LogP contribution in [0.2, 0.25) is 0 Å². The third-order valence-electron chi connectivity index (χ3n) is 5.07. The SMILES string of the molecule is CN=C(NCCc1cccc(C(=O)N(C)C)c1)NCc1ccc(-n2ccnc2C)c(F)c1.I. The maximum atomic E-state index is 14.6. The second-order valence-electron chi connectivity index (χ2n) is 7.63. The lowest BCUT2D eigenvalue weighted by molar-refractivity contribution is 0.0827. The normalized spacial score (nSPS) is 11.0. The Labute approximate surface area is 211 Å². The predicted molar refractivity (Wildman–Crippen MR) is 140 cm³/mol. The van der Waals surface area contributed by atoms with Crippen molar-refractivity contribution in [3.8, 4) is 5.69 Å². The highest BCUT2D eigenvalue weighted by atomic mass is 127. The zero-order valence-corrected chi connectivity index (χ0v) is 21.6. The lowest BCUT2D eigenvalue weighted by Gasteiger charge is -2.14. The molecule has 7 nitrogen and oxygen atoms in total. The maximum absolute atomic E-state index is 14.6. The van der Waals surface area contributed by atoms with Crippen LogP contribution in [-0.2, 0) is 13.0 Å². The molecule has 33 heavy (non-hydrogen) atoms. The topological polar surface area (TPSA) is 74.6 Å². The van der Waals surface area contributed by atoms with Gasteiger partial charge >= 0.3 is 0 Å². The summed E-state index contributed by atoms with van der Waals surface area (Å²) in [5.74, 6) is 1.04. The number of hydrogen-bond donors (Lipinski definition) is 2. The second kappa shape index (κ2) is 12.3. The minimum absolute atomic E-state index is 0. The van der Waals surface area contributed by atoms with Gasteiger partial charge in [0.1, 0.15) is 11.6 Å². The van der Waals surface area contributed by atoms with Crippen molar-refractivity contribution in [3.63, 3.8) is 0 Å². The Morgan fingerprint density at radius 3 is 2.58 bits per heavy atom. The van der Waals surface area contributed by atoms with E-state index >= 15 is 0 Å². The molecule has 0 unspecified atom stereocenters. The van der Waals surface area contributed by atoms with E-state index in [9.17, 15) is 9.18 Å². The summed E-state index contributed by atoms with van der Waals surface area (Å²) in [6, 6.07) is 12.8. The summed E-state index contributed by atoms with van der Waals surface area (Å²) in [4.78, 5) is 22.1. The van der Waals surface area contributed by atoms with Crippen molar-refractivity contribution in [1.29, 1.82) is 0 Å². The zero-order valence-electron chi connectivity index (χ0n) is 19.3. The van der Waals surface area contributed by atoms with E-state index in [0.29, 0.717) is 30.3 Å². The fourth-order valence-electron chi connectivity index (χ4n) is 3.34. The minimum atomic E-state index is -0.305.